The summed E-state index contributed by atoms with van der Waals surface area (Å²) >= 11 is 1.59. The number of thiazole rings is 1. The number of nitrogens with one attached hydrogen (secondary N) is 1. The molecule has 0 saturated heterocycles. The number of nitrogens with zero attached hydrogens (tertiary/aromatic N) is 2. The van der Waals surface area contributed by atoms with Crippen molar-refractivity contribution in [3.8, 4) is 11.6 Å². The van der Waals surface area contributed by atoms with Gasteiger partial charge in [-0.3, -0.25) is 4.40 Å². The van der Waals surface area contributed by atoms with Gasteiger partial charge < -0.3 is 14.8 Å². The molecule has 0 unspecified atom stereocenters. The van der Waals surface area contributed by atoms with E-state index in [1.807, 2.05) is 35.0 Å². The van der Waals surface area contributed by atoms with Crippen LogP contribution in [-0.4, -0.2) is 23.6 Å². The lowest BCUT2D eigenvalue weighted by Crippen LogP contribution is -2.04. The summed E-state index contributed by atoms with van der Waals surface area (Å²) in [6, 6.07) is 6.03. The number of hydrogen-bond donors (Lipinski definition) is 1. The lowest BCUT2D eigenvalue weighted by molar-refractivity contribution is 0.395. The first-order valence-corrected chi connectivity index (χ1v) is 7.48. The quantitative estimate of drug-likeness (QED) is 0.785. The van der Waals surface area contributed by atoms with Crippen molar-refractivity contribution in [2.75, 3.05) is 19.5 Å². The summed E-state index contributed by atoms with van der Waals surface area (Å²) in [7, 11) is 3.33. The van der Waals surface area contributed by atoms with Crippen molar-refractivity contribution in [2.45, 2.75) is 13.5 Å². The molecule has 6 heteroatoms. The minimum Gasteiger partial charge on any atom is -0.496 e. The Bertz CT molecular complexity index is 763. The molecule has 110 valence electrons. The number of methoxy groups -OCH3 is 2. The predicted octanol–water partition coefficient (Wildman–Crippen LogP) is 3.33. The Hall–Kier alpha value is -2.21. The highest BCUT2D eigenvalue weighted by atomic mass is 32.1. The number of aryl methyl sites for hydroxylation is 1. The van der Waals surface area contributed by atoms with Crippen LogP contribution in [0.5, 0.6) is 11.6 Å². The van der Waals surface area contributed by atoms with Crippen LogP contribution in [0.25, 0.3) is 4.96 Å². The van der Waals surface area contributed by atoms with E-state index in [9.17, 15) is 0 Å². The van der Waals surface area contributed by atoms with Crippen LogP contribution in [0, 0.1) is 6.92 Å². The highest BCUT2D eigenvalue weighted by molar-refractivity contribution is 7.15. The molecular formula is C15H17N3O2S. The molecule has 2 heterocycles. The molecule has 3 rings (SSSR count). The van der Waals surface area contributed by atoms with E-state index >= 15 is 0 Å². The van der Waals surface area contributed by atoms with Crippen molar-refractivity contribution in [1.82, 2.24) is 9.38 Å². The van der Waals surface area contributed by atoms with E-state index in [2.05, 4.69) is 16.4 Å². The van der Waals surface area contributed by atoms with E-state index in [-0.39, 0.29) is 0 Å². The molecule has 0 aliphatic heterocycles. The maximum absolute atomic E-state index is 5.35. The standard InChI is InChI=1S/C15H17N3O2S/c1-10-8-11(4-5-13(10)19-2)16-9-12-14(20-3)17-15-18(12)6-7-21-15/h4-8,16H,9H2,1-3H3. The van der Waals surface area contributed by atoms with Crippen LogP contribution in [0.15, 0.2) is 29.8 Å². The number of rotatable bonds is 5. The van der Waals surface area contributed by atoms with Crippen molar-refractivity contribution >= 4 is 22.0 Å². The second kappa shape index (κ2) is 5.65. The van der Waals surface area contributed by atoms with Crippen molar-refractivity contribution in [3.05, 3.63) is 41.0 Å². The van der Waals surface area contributed by atoms with Gasteiger partial charge >= 0.3 is 0 Å². The summed E-state index contributed by atoms with van der Waals surface area (Å²) in [5, 5.41) is 5.42. The molecule has 0 aliphatic carbocycles. The van der Waals surface area contributed by atoms with Gasteiger partial charge in [-0.15, -0.1) is 11.3 Å². The van der Waals surface area contributed by atoms with Crippen LogP contribution in [0.1, 0.15) is 11.3 Å². The molecule has 21 heavy (non-hydrogen) atoms. The smallest absolute Gasteiger partial charge is 0.238 e. The van der Waals surface area contributed by atoms with Gasteiger partial charge in [0.25, 0.3) is 0 Å². The van der Waals surface area contributed by atoms with Gasteiger partial charge in [0.05, 0.1) is 20.8 Å². The minimum atomic E-state index is 0.646. The summed E-state index contributed by atoms with van der Waals surface area (Å²) in [6.45, 7) is 2.67. The Morgan fingerprint density at radius 2 is 2.14 bits per heavy atom. The number of aromatic nitrogens is 2. The fourth-order valence-electron chi connectivity index (χ4n) is 2.31. The van der Waals surface area contributed by atoms with E-state index in [0.717, 1.165) is 27.7 Å². The average molecular weight is 303 g/mol. The highest BCUT2D eigenvalue weighted by Crippen LogP contribution is 2.25. The first kappa shape index (κ1) is 13.8. The van der Waals surface area contributed by atoms with Crippen LogP contribution >= 0.6 is 11.3 Å². The second-order valence-corrected chi connectivity index (χ2v) is 5.53. The summed E-state index contributed by atoms with van der Waals surface area (Å²) in [4.78, 5) is 5.39. The average Bonchev–Trinajstić information content (AvgIpc) is 3.06. The number of imidazole rings is 1. The Morgan fingerprint density at radius 3 is 2.86 bits per heavy atom. The maximum Gasteiger partial charge on any atom is 0.238 e. The fraction of sp³-hybridized carbons (Fsp3) is 0.267. The number of ether oxygens (including phenoxy) is 2. The fourth-order valence-corrected chi connectivity index (χ4v) is 3.04. The van der Waals surface area contributed by atoms with Crippen LogP contribution < -0.4 is 14.8 Å². The van der Waals surface area contributed by atoms with Crippen molar-refractivity contribution < 1.29 is 9.47 Å². The predicted molar refractivity (Wildman–Crippen MR) is 84.7 cm³/mol. The normalized spacial score (nSPS) is 10.8. The van der Waals surface area contributed by atoms with E-state index in [1.54, 1.807) is 25.6 Å². The van der Waals surface area contributed by atoms with Crippen LogP contribution in [0.4, 0.5) is 5.69 Å². The van der Waals surface area contributed by atoms with E-state index in [4.69, 9.17) is 9.47 Å². The molecule has 0 aliphatic rings. The van der Waals surface area contributed by atoms with Gasteiger partial charge in [-0.1, -0.05) is 0 Å². The van der Waals surface area contributed by atoms with Gasteiger partial charge in [-0.2, -0.15) is 4.98 Å². The van der Waals surface area contributed by atoms with E-state index in [0.29, 0.717) is 12.4 Å². The first-order chi connectivity index (χ1) is 10.2. The Morgan fingerprint density at radius 1 is 1.29 bits per heavy atom. The third-order valence-electron chi connectivity index (χ3n) is 3.37. The molecule has 3 aromatic rings. The molecule has 2 aromatic heterocycles. The second-order valence-electron chi connectivity index (χ2n) is 4.66. The zero-order chi connectivity index (χ0) is 14.8. The Labute approximate surface area is 127 Å². The van der Waals surface area contributed by atoms with E-state index < -0.39 is 0 Å². The lowest BCUT2D eigenvalue weighted by Gasteiger charge is -2.10. The number of anilines is 1. The summed E-state index contributed by atoms with van der Waals surface area (Å²) < 4.78 is 12.7. The molecule has 0 saturated carbocycles. The molecule has 0 radical (unpaired) electrons. The third-order valence-corrected chi connectivity index (χ3v) is 4.13. The molecular weight excluding hydrogens is 286 g/mol. The Kier molecular flexibility index (Phi) is 3.70. The monoisotopic (exact) mass is 303 g/mol. The van der Waals surface area contributed by atoms with Crippen molar-refractivity contribution in [2.24, 2.45) is 0 Å². The van der Waals surface area contributed by atoms with Crippen LogP contribution in [0.2, 0.25) is 0 Å². The SMILES string of the molecule is COc1ccc(NCc2c(OC)nc3sccn23)cc1C. The van der Waals surface area contributed by atoms with Gasteiger partial charge in [0, 0.05) is 17.3 Å². The largest absolute Gasteiger partial charge is 0.496 e. The molecule has 5 nitrogen and oxygen atoms in total. The number of hydrogen-bond acceptors (Lipinski definition) is 5. The molecule has 0 spiro atoms. The Balaban J connectivity index is 1.82. The molecule has 0 fully saturated rings. The topological polar surface area (TPSA) is 47.8 Å². The van der Waals surface area contributed by atoms with Gasteiger partial charge in [-0.25, -0.2) is 0 Å². The number of fused-ring (bicyclic) bond motifs is 1. The first-order valence-electron chi connectivity index (χ1n) is 6.60. The van der Waals surface area contributed by atoms with E-state index in [1.165, 1.54) is 0 Å². The minimum absolute atomic E-state index is 0.646. The van der Waals surface area contributed by atoms with Gasteiger partial charge in [0.2, 0.25) is 5.88 Å². The molecule has 1 N–H and O–H groups in total. The summed E-state index contributed by atoms with van der Waals surface area (Å²) in [5.74, 6) is 1.56. The van der Waals surface area contributed by atoms with Crippen LogP contribution in [-0.2, 0) is 6.54 Å². The maximum atomic E-state index is 5.35. The molecule has 0 atom stereocenters. The summed E-state index contributed by atoms with van der Waals surface area (Å²) in [6.07, 6.45) is 2.01. The highest BCUT2D eigenvalue weighted by Gasteiger charge is 2.13. The molecule has 1 aromatic carbocycles. The van der Waals surface area contributed by atoms with Gasteiger partial charge in [0.15, 0.2) is 4.96 Å². The summed E-state index contributed by atoms with van der Waals surface area (Å²) in [5.41, 5.74) is 3.16. The van der Waals surface area contributed by atoms with Crippen molar-refractivity contribution in [3.63, 3.8) is 0 Å². The van der Waals surface area contributed by atoms with Crippen LogP contribution in [0.3, 0.4) is 0 Å². The zero-order valence-corrected chi connectivity index (χ0v) is 13.0. The van der Waals surface area contributed by atoms with Gasteiger partial charge in [0.1, 0.15) is 11.4 Å². The molecule has 0 bridgehead atoms. The number of benzene rings is 1. The van der Waals surface area contributed by atoms with Gasteiger partial charge in [-0.05, 0) is 30.7 Å². The molecule has 0 amide bonds. The van der Waals surface area contributed by atoms with Crippen molar-refractivity contribution in [1.29, 1.82) is 0 Å². The zero-order valence-electron chi connectivity index (χ0n) is 12.2. The lowest BCUT2D eigenvalue weighted by atomic mass is 10.2. The third kappa shape index (κ3) is 2.54.